The molecule has 0 unspecified atom stereocenters. The molecule has 0 fully saturated rings. The van der Waals surface area contributed by atoms with Crippen molar-refractivity contribution < 1.29 is 19.1 Å². The molecule has 1 aromatic heterocycles. The highest BCUT2D eigenvalue weighted by molar-refractivity contribution is 5.97. The third-order valence-corrected chi connectivity index (χ3v) is 3.88. The van der Waals surface area contributed by atoms with Crippen molar-refractivity contribution in [1.82, 2.24) is 15.2 Å². The fourth-order valence-corrected chi connectivity index (χ4v) is 2.38. The summed E-state index contributed by atoms with van der Waals surface area (Å²) < 4.78 is 5.01. The number of nitrogens with zero attached hydrogens (tertiary/aromatic N) is 2. The van der Waals surface area contributed by atoms with Gasteiger partial charge in [-0.05, 0) is 31.2 Å². The van der Waals surface area contributed by atoms with Gasteiger partial charge in [0.2, 0.25) is 11.8 Å². The average molecular weight is 384 g/mol. The Morgan fingerprint density at radius 1 is 1.11 bits per heavy atom. The maximum Gasteiger partial charge on any atom is 0.255 e. The largest absolute Gasteiger partial charge is 0.383 e. The van der Waals surface area contributed by atoms with Crippen LogP contribution in [0.4, 0.5) is 5.69 Å². The van der Waals surface area contributed by atoms with E-state index < -0.39 is 5.91 Å². The number of aryl methyl sites for hydroxylation is 1. The summed E-state index contributed by atoms with van der Waals surface area (Å²) in [5.74, 6) is -1.11. The minimum atomic E-state index is -0.438. The molecule has 1 heterocycles. The molecular formula is C20H24N4O4. The number of methoxy groups -OCH3 is 1. The van der Waals surface area contributed by atoms with Crippen LogP contribution in [0.2, 0.25) is 0 Å². The minimum Gasteiger partial charge on any atom is -0.383 e. The second kappa shape index (κ2) is 10.8. The normalized spacial score (nSPS) is 10.2. The summed E-state index contributed by atoms with van der Waals surface area (Å²) in [5.41, 5.74) is 2.11. The number of ether oxygens (including phenoxy) is 1. The molecule has 0 spiro atoms. The molecule has 0 aliphatic rings. The van der Waals surface area contributed by atoms with Gasteiger partial charge in [0.15, 0.2) is 0 Å². The standard InChI is InChI=1S/C20H24N4O4/c1-15-5-7-17(8-6-15)23-18(25)13-22-19(26)14-24(10-11-28-2)20(27)16-4-3-9-21-12-16/h3-9,12H,10-11,13-14H2,1-2H3,(H,22,26)(H,23,25). The van der Waals surface area contributed by atoms with Crippen LogP contribution in [0.3, 0.4) is 0 Å². The monoisotopic (exact) mass is 384 g/mol. The SMILES string of the molecule is COCCN(CC(=O)NCC(=O)Nc1ccc(C)cc1)C(=O)c1cccnc1. The average Bonchev–Trinajstić information content (AvgIpc) is 2.71. The molecule has 0 saturated carbocycles. The van der Waals surface area contributed by atoms with Crippen LogP contribution in [-0.2, 0) is 14.3 Å². The molecule has 0 aliphatic heterocycles. The Kier molecular flexibility index (Phi) is 8.11. The van der Waals surface area contributed by atoms with E-state index in [4.69, 9.17) is 4.74 Å². The summed E-state index contributed by atoms with van der Waals surface area (Å²) in [4.78, 5) is 42.0. The van der Waals surface area contributed by atoms with Gasteiger partial charge in [-0.1, -0.05) is 17.7 Å². The smallest absolute Gasteiger partial charge is 0.255 e. The quantitative estimate of drug-likeness (QED) is 0.677. The first kappa shape index (κ1) is 21.0. The number of pyridine rings is 1. The lowest BCUT2D eigenvalue weighted by molar-refractivity contribution is -0.124. The lowest BCUT2D eigenvalue weighted by atomic mass is 10.2. The Labute approximate surface area is 163 Å². The number of anilines is 1. The van der Waals surface area contributed by atoms with Gasteiger partial charge in [0.25, 0.3) is 5.91 Å². The van der Waals surface area contributed by atoms with Gasteiger partial charge in [-0.15, -0.1) is 0 Å². The molecule has 8 nitrogen and oxygen atoms in total. The number of carbonyl (C=O) groups is 3. The first-order valence-corrected chi connectivity index (χ1v) is 8.81. The Hall–Kier alpha value is -3.26. The van der Waals surface area contributed by atoms with Crippen LogP contribution in [0.5, 0.6) is 0 Å². The van der Waals surface area contributed by atoms with Gasteiger partial charge in [0.05, 0.1) is 25.3 Å². The predicted molar refractivity (Wildman–Crippen MR) is 105 cm³/mol. The maximum absolute atomic E-state index is 12.6. The minimum absolute atomic E-state index is 0.186. The van der Waals surface area contributed by atoms with Crippen molar-refractivity contribution in [3.63, 3.8) is 0 Å². The Morgan fingerprint density at radius 2 is 1.86 bits per heavy atom. The van der Waals surface area contributed by atoms with E-state index in [-0.39, 0.29) is 38.1 Å². The van der Waals surface area contributed by atoms with Gasteiger partial charge in [-0.3, -0.25) is 19.4 Å². The summed E-state index contributed by atoms with van der Waals surface area (Å²) in [6.07, 6.45) is 3.00. The molecule has 0 radical (unpaired) electrons. The lowest BCUT2D eigenvalue weighted by Crippen LogP contribution is -2.44. The van der Waals surface area contributed by atoms with E-state index in [9.17, 15) is 14.4 Å². The third kappa shape index (κ3) is 6.81. The zero-order chi connectivity index (χ0) is 20.4. The number of benzene rings is 1. The van der Waals surface area contributed by atoms with Crippen molar-refractivity contribution >= 4 is 23.4 Å². The van der Waals surface area contributed by atoms with Crippen LogP contribution in [0, 0.1) is 6.92 Å². The molecular weight excluding hydrogens is 360 g/mol. The second-order valence-electron chi connectivity index (χ2n) is 6.15. The first-order chi connectivity index (χ1) is 13.5. The van der Waals surface area contributed by atoms with Gasteiger partial charge < -0.3 is 20.3 Å². The fourth-order valence-electron chi connectivity index (χ4n) is 2.38. The molecule has 1 aromatic carbocycles. The van der Waals surface area contributed by atoms with E-state index in [0.29, 0.717) is 11.3 Å². The molecule has 2 N–H and O–H groups in total. The number of carbonyl (C=O) groups excluding carboxylic acids is 3. The van der Waals surface area contributed by atoms with Crippen LogP contribution < -0.4 is 10.6 Å². The maximum atomic E-state index is 12.6. The zero-order valence-electron chi connectivity index (χ0n) is 16.0. The molecule has 3 amide bonds. The molecule has 0 aliphatic carbocycles. The summed E-state index contributed by atoms with van der Waals surface area (Å²) in [6, 6.07) is 10.6. The highest BCUT2D eigenvalue weighted by Gasteiger charge is 2.19. The molecule has 0 atom stereocenters. The molecule has 0 saturated heterocycles. The van der Waals surface area contributed by atoms with Gasteiger partial charge in [-0.2, -0.15) is 0 Å². The highest BCUT2D eigenvalue weighted by atomic mass is 16.5. The second-order valence-corrected chi connectivity index (χ2v) is 6.15. The Bertz CT molecular complexity index is 794. The number of amides is 3. The van der Waals surface area contributed by atoms with Crippen LogP contribution in [0.25, 0.3) is 0 Å². The van der Waals surface area contributed by atoms with Gasteiger partial charge >= 0.3 is 0 Å². The third-order valence-electron chi connectivity index (χ3n) is 3.88. The van der Waals surface area contributed by atoms with E-state index in [1.165, 1.54) is 18.2 Å². The zero-order valence-corrected chi connectivity index (χ0v) is 16.0. The van der Waals surface area contributed by atoms with E-state index in [1.54, 1.807) is 30.5 Å². The van der Waals surface area contributed by atoms with E-state index in [2.05, 4.69) is 15.6 Å². The van der Waals surface area contributed by atoms with Crippen molar-refractivity contribution in [3.05, 3.63) is 59.9 Å². The number of aromatic nitrogens is 1. The number of nitrogens with one attached hydrogen (secondary N) is 2. The molecule has 8 heteroatoms. The molecule has 2 rings (SSSR count). The number of hydrogen-bond donors (Lipinski definition) is 2. The summed E-state index contributed by atoms with van der Waals surface area (Å²) in [7, 11) is 1.52. The summed E-state index contributed by atoms with van der Waals surface area (Å²) in [6.45, 7) is 2.11. The molecule has 28 heavy (non-hydrogen) atoms. The lowest BCUT2D eigenvalue weighted by Gasteiger charge is -2.21. The predicted octanol–water partition coefficient (Wildman–Crippen LogP) is 1.23. The van der Waals surface area contributed by atoms with E-state index >= 15 is 0 Å². The molecule has 148 valence electrons. The molecule has 0 bridgehead atoms. The van der Waals surface area contributed by atoms with E-state index in [0.717, 1.165) is 5.56 Å². The van der Waals surface area contributed by atoms with Crippen LogP contribution in [0.15, 0.2) is 48.8 Å². The first-order valence-electron chi connectivity index (χ1n) is 8.81. The summed E-state index contributed by atoms with van der Waals surface area (Å²) in [5, 5.41) is 5.22. The summed E-state index contributed by atoms with van der Waals surface area (Å²) >= 11 is 0. The van der Waals surface area contributed by atoms with Crippen molar-refractivity contribution in [2.45, 2.75) is 6.92 Å². The molecule has 2 aromatic rings. The van der Waals surface area contributed by atoms with Crippen molar-refractivity contribution in [2.24, 2.45) is 0 Å². The van der Waals surface area contributed by atoms with Gasteiger partial charge in [0, 0.05) is 31.7 Å². The number of hydrogen-bond acceptors (Lipinski definition) is 5. The van der Waals surface area contributed by atoms with Crippen molar-refractivity contribution in [3.8, 4) is 0 Å². The van der Waals surface area contributed by atoms with Crippen LogP contribution in [-0.4, -0.2) is 61.0 Å². The Balaban J connectivity index is 1.87. The fraction of sp³-hybridized carbons (Fsp3) is 0.300. The van der Waals surface area contributed by atoms with Crippen molar-refractivity contribution in [1.29, 1.82) is 0 Å². The van der Waals surface area contributed by atoms with Crippen LogP contribution >= 0.6 is 0 Å². The Morgan fingerprint density at radius 3 is 2.50 bits per heavy atom. The van der Waals surface area contributed by atoms with Gasteiger partial charge in [0.1, 0.15) is 0 Å². The number of rotatable bonds is 9. The highest BCUT2D eigenvalue weighted by Crippen LogP contribution is 2.08. The van der Waals surface area contributed by atoms with Gasteiger partial charge in [-0.25, -0.2) is 0 Å². The van der Waals surface area contributed by atoms with Crippen LogP contribution in [0.1, 0.15) is 15.9 Å². The van der Waals surface area contributed by atoms with Crippen molar-refractivity contribution in [2.75, 3.05) is 38.7 Å². The van der Waals surface area contributed by atoms with E-state index in [1.807, 2.05) is 19.1 Å². The topological polar surface area (TPSA) is 101 Å².